The molecular formula is C22H26N4O3. The number of carbonyl (C=O) groups is 1. The van der Waals surface area contributed by atoms with Gasteiger partial charge in [-0.05, 0) is 49.6 Å². The van der Waals surface area contributed by atoms with Gasteiger partial charge in [-0.25, -0.2) is 9.78 Å². The van der Waals surface area contributed by atoms with Crippen LogP contribution >= 0.6 is 0 Å². The number of anilines is 1. The van der Waals surface area contributed by atoms with Crippen molar-refractivity contribution in [3.63, 3.8) is 0 Å². The first kappa shape index (κ1) is 20.3. The van der Waals surface area contributed by atoms with Gasteiger partial charge in [-0.15, -0.1) is 0 Å². The van der Waals surface area contributed by atoms with Crippen molar-refractivity contribution in [3.05, 3.63) is 65.2 Å². The fourth-order valence-electron chi connectivity index (χ4n) is 3.34. The summed E-state index contributed by atoms with van der Waals surface area (Å²) in [5, 5.41) is 5.72. The molecule has 2 N–H and O–H groups in total. The lowest BCUT2D eigenvalue weighted by atomic mass is 10.1. The highest BCUT2D eigenvalue weighted by Crippen LogP contribution is 2.27. The smallest absolute Gasteiger partial charge is 0.319 e. The lowest BCUT2D eigenvalue weighted by Crippen LogP contribution is -2.28. The van der Waals surface area contributed by atoms with E-state index in [1.165, 1.54) is 0 Å². The number of rotatable bonds is 6. The molecule has 0 atom stereocenters. The zero-order valence-corrected chi connectivity index (χ0v) is 17.4. The van der Waals surface area contributed by atoms with E-state index < -0.39 is 0 Å². The summed E-state index contributed by atoms with van der Waals surface area (Å²) in [6.07, 6.45) is 3.64. The van der Waals surface area contributed by atoms with E-state index in [-0.39, 0.29) is 6.03 Å². The number of hydrogen-bond acceptors (Lipinski definition) is 4. The number of hydrogen-bond donors (Lipinski definition) is 2. The van der Waals surface area contributed by atoms with E-state index in [4.69, 9.17) is 9.47 Å². The van der Waals surface area contributed by atoms with Crippen LogP contribution in [0.15, 0.2) is 42.9 Å². The Hall–Kier alpha value is -3.48. The first-order valence-corrected chi connectivity index (χ1v) is 9.29. The molecule has 3 rings (SSSR count). The van der Waals surface area contributed by atoms with Gasteiger partial charge in [-0.2, -0.15) is 0 Å². The summed E-state index contributed by atoms with van der Waals surface area (Å²) in [6, 6.07) is 9.23. The van der Waals surface area contributed by atoms with Gasteiger partial charge in [0.15, 0.2) is 0 Å². The van der Waals surface area contributed by atoms with Crippen molar-refractivity contribution in [1.82, 2.24) is 14.9 Å². The summed E-state index contributed by atoms with van der Waals surface area (Å²) in [5.41, 5.74) is 5.50. The van der Waals surface area contributed by atoms with Crippen molar-refractivity contribution in [1.29, 1.82) is 0 Å². The molecule has 0 aliphatic carbocycles. The van der Waals surface area contributed by atoms with Gasteiger partial charge in [-0.1, -0.05) is 12.1 Å². The standard InChI is InChI=1S/C22H26N4O3/c1-14-8-17(9-15(2)21(14)29-5)11-23-22(27)25-18-6-7-19(20(10-18)28-4)26-12-16(3)24-13-26/h6-10,12-13H,11H2,1-5H3,(H2,23,25,27). The lowest BCUT2D eigenvalue weighted by Gasteiger charge is -2.14. The third kappa shape index (κ3) is 4.68. The highest BCUT2D eigenvalue weighted by molar-refractivity contribution is 5.89. The molecule has 7 nitrogen and oxygen atoms in total. The molecule has 3 aromatic rings. The van der Waals surface area contributed by atoms with Crippen LogP contribution in [0.1, 0.15) is 22.4 Å². The van der Waals surface area contributed by atoms with Crippen LogP contribution in [0, 0.1) is 20.8 Å². The molecule has 0 radical (unpaired) electrons. The molecule has 0 spiro atoms. The van der Waals surface area contributed by atoms with Crippen LogP contribution in [-0.4, -0.2) is 29.8 Å². The second kappa shape index (κ2) is 8.68. The second-order valence-corrected chi connectivity index (χ2v) is 6.88. The number of methoxy groups -OCH3 is 2. The predicted octanol–water partition coefficient (Wildman–Crippen LogP) is 4.14. The number of amides is 2. The van der Waals surface area contributed by atoms with Crippen LogP contribution in [0.4, 0.5) is 10.5 Å². The van der Waals surface area contributed by atoms with Gasteiger partial charge in [0.25, 0.3) is 0 Å². The summed E-state index contributed by atoms with van der Waals surface area (Å²) >= 11 is 0. The molecular weight excluding hydrogens is 368 g/mol. The molecule has 0 aliphatic heterocycles. The minimum atomic E-state index is -0.288. The molecule has 152 valence electrons. The van der Waals surface area contributed by atoms with Gasteiger partial charge in [0.1, 0.15) is 11.5 Å². The average Bonchev–Trinajstić information content (AvgIpc) is 3.12. The third-order valence-corrected chi connectivity index (χ3v) is 4.60. The summed E-state index contributed by atoms with van der Waals surface area (Å²) in [5.74, 6) is 1.51. The Kier molecular flexibility index (Phi) is 6.07. The Morgan fingerprint density at radius 3 is 2.38 bits per heavy atom. The fourth-order valence-corrected chi connectivity index (χ4v) is 3.34. The average molecular weight is 394 g/mol. The third-order valence-electron chi connectivity index (χ3n) is 4.60. The Balaban J connectivity index is 1.66. The van der Waals surface area contributed by atoms with Crippen molar-refractivity contribution < 1.29 is 14.3 Å². The molecule has 0 saturated carbocycles. The number of imidazole rings is 1. The van der Waals surface area contributed by atoms with Gasteiger partial charge in [0.2, 0.25) is 0 Å². The van der Waals surface area contributed by atoms with Gasteiger partial charge >= 0.3 is 6.03 Å². The van der Waals surface area contributed by atoms with Crippen molar-refractivity contribution in [2.75, 3.05) is 19.5 Å². The van der Waals surface area contributed by atoms with E-state index >= 15 is 0 Å². The van der Waals surface area contributed by atoms with Crippen LogP contribution in [0.2, 0.25) is 0 Å². The largest absolute Gasteiger partial charge is 0.496 e. The molecule has 1 heterocycles. The Morgan fingerprint density at radius 2 is 1.79 bits per heavy atom. The van der Waals surface area contributed by atoms with Gasteiger partial charge < -0.3 is 24.7 Å². The first-order valence-electron chi connectivity index (χ1n) is 9.29. The summed E-state index contributed by atoms with van der Waals surface area (Å²) in [4.78, 5) is 16.6. The highest BCUT2D eigenvalue weighted by atomic mass is 16.5. The van der Waals surface area contributed by atoms with E-state index in [0.29, 0.717) is 18.0 Å². The van der Waals surface area contributed by atoms with Crippen LogP contribution in [0.25, 0.3) is 5.69 Å². The van der Waals surface area contributed by atoms with Crippen LogP contribution in [0.3, 0.4) is 0 Å². The molecule has 7 heteroatoms. The lowest BCUT2D eigenvalue weighted by molar-refractivity contribution is 0.251. The minimum Gasteiger partial charge on any atom is -0.496 e. The Labute approximate surface area is 170 Å². The van der Waals surface area contributed by atoms with Crippen molar-refractivity contribution in [2.45, 2.75) is 27.3 Å². The molecule has 0 fully saturated rings. The van der Waals surface area contributed by atoms with Gasteiger partial charge in [0.05, 0.1) is 31.9 Å². The monoisotopic (exact) mass is 394 g/mol. The molecule has 2 amide bonds. The van der Waals surface area contributed by atoms with E-state index in [9.17, 15) is 4.79 Å². The number of aryl methyl sites for hydroxylation is 3. The van der Waals surface area contributed by atoms with E-state index in [2.05, 4.69) is 15.6 Å². The maximum atomic E-state index is 12.3. The van der Waals surface area contributed by atoms with Crippen molar-refractivity contribution in [2.24, 2.45) is 0 Å². The van der Waals surface area contributed by atoms with Gasteiger partial charge in [-0.3, -0.25) is 0 Å². The number of carbonyl (C=O) groups excluding carboxylic acids is 1. The molecule has 29 heavy (non-hydrogen) atoms. The van der Waals surface area contributed by atoms with E-state index in [0.717, 1.165) is 33.8 Å². The Bertz CT molecular complexity index is 1000. The van der Waals surface area contributed by atoms with E-state index in [1.54, 1.807) is 26.6 Å². The molecule has 2 aromatic carbocycles. The molecule has 0 aliphatic rings. The highest BCUT2D eigenvalue weighted by Gasteiger charge is 2.10. The zero-order valence-electron chi connectivity index (χ0n) is 17.4. The van der Waals surface area contributed by atoms with Gasteiger partial charge in [0, 0.05) is 24.5 Å². The van der Waals surface area contributed by atoms with Crippen molar-refractivity contribution in [3.8, 4) is 17.2 Å². The number of aromatic nitrogens is 2. The fraction of sp³-hybridized carbons (Fsp3) is 0.273. The Morgan fingerprint density at radius 1 is 1.07 bits per heavy atom. The normalized spacial score (nSPS) is 10.5. The van der Waals surface area contributed by atoms with Crippen LogP contribution < -0.4 is 20.1 Å². The maximum Gasteiger partial charge on any atom is 0.319 e. The van der Waals surface area contributed by atoms with Crippen molar-refractivity contribution >= 4 is 11.7 Å². The number of ether oxygens (including phenoxy) is 2. The zero-order chi connectivity index (χ0) is 21.0. The summed E-state index contributed by atoms with van der Waals surface area (Å²) < 4.78 is 12.7. The molecule has 0 unspecified atom stereocenters. The van der Waals surface area contributed by atoms with E-state index in [1.807, 2.05) is 55.8 Å². The number of urea groups is 1. The maximum absolute atomic E-state index is 12.3. The number of benzene rings is 2. The quantitative estimate of drug-likeness (QED) is 0.659. The second-order valence-electron chi connectivity index (χ2n) is 6.88. The summed E-state index contributed by atoms with van der Waals surface area (Å²) in [7, 11) is 3.26. The SMILES string of the molecule is COc1cc(NC(=O)NCc2cc(C)c(OC)c(C)c2)ccc1-n1cnc(C)c1. The predicted molar refractivity (Wildman–Crippen MR) is 113 cm³/mol. The van der Waals surface area contributed by atoms with Crippen LogP contribution in [0.5, 0.6) is 11.5 Å². The number of nitrogens with one attached hydrogen (secondary N) is 2. The molecule has 0 bridgehead atoms. The molecule has 0 saturated heterocycles. The minimum absolute atomic E-state index is 0.288. The first-order chi connectivity index (χ1) is 13.9. The van der Waals surface area contributed by atoms with Crippen LogP contribution in [-0.2, 0) is 6.54 Å². The summed E-state index contributed by atoms with van der Waals surface area (Å²) in [6.45, 7) is 6.33. The topological polar surface area (TPSA) is 77.4 Å². The number of nitrogens with zero attached hydrogens (tertiary/aromatic N) is 2. The molecule has 1 aromatic heterocycles.